The van der Waals surface area contributed by atoms with Gasteiger partial charge in [-0.05, 0) is 19.2 Å². The molecule has 1 rings (SSSR count). The maximum absolute atomic E-state index is 11.7. The van der Waals surface area contributed by atoms with Crippen LogP contribution in [0.15, 0.2) is 18.3 Å². The Bertz CT molecular complexity index is 321. The third kappa shape index (κ3) is 2.64. The summed E-state index contributed by atoms with van der Waals surface area (Å²) in [6, 6.07) is 3.61. The van der Waals surface area contributed by atoms with Gasteiger partial charge in [0, 0.05) is 24.2 Å². The summed E-state index contributed by atoms with van der Waals surface area (Å²) in [4.78, 5) is 15.8. The fourth-order valence-corrected chi connectivity index (χ4v) is 1.24. The van der Waals surface area contributed by atoms with Gasteiger partial charge in [-0.3, -0.25) is 9.78 Å². The van der Waals surface area contributed by atoms with Crippen LogP contribution in [0.5, 0.6) is 0 Å². The predicted molar refractivity (Wildman–Crippen MR) is 56.2 cm³/mol. The predicted octanol–water partition coefficient (Wildman–Crippen LogP) is 1.64. The number of aromatic nitrogens is 1. The standard InChI is InChI=1S/C11H16N2O/c1-8(2)11(14)9-4-5-13-10(6-9)7-12-3/h4-6,8,12H,7H2,1-3H3. The molecule has 0 atom stereocenters. The van der Waals surface area contributed by atoms with Crippen molar-refractivity contribution in [2.75, 3.05) is 7.05 Å². The van der Waals surface area contributed by atoms with E-state index < -0.39 is 0 Å². The van der Waals surface area contributed by atoms with Crippen molar-refractivity contribution in [2.24, 2.45) is 5.92 Å². The van der Waals surface area contributed by atoms with Crippen LogP contribution in [0.25, 0.3) is 0 Å². The Hall–Kier alpha value is -1.22. The lowest BCUT2D eigenvalue weighted by Crippen LogP contribution is -2.11. The number of hydrogen-bond acceptors (Lipinski definition) is 3. The van der Waals surface area contributed by atoms with Crippen molar-refractivity contribution >= 4 is 5.78 Å². The minimum atomic E-state index is 0.0415. The molecular weight excluding hydrogens is 176 g/mol. The summed E-state index contributed by atoms with van der Waals surface area (Å²) in [5.41, 5.74) is 1.65. The van der Waals surface area contributed by atoms with Crippen LogP contribution in [-0.4, -0.2) is 17.8 Å². The van der Waals surface area contributed by atoms with E-state index in [9.17, 15) is 4.79 Å². The van der Waals surface area contributed by atoms with E-state index in [4.69, 9.17) is 0 Å². The number of ketones is 1. The topological polar surface area (TPSA) is 42.0 Å². The van der Waals surface area contributed by atoms with Crippen molar-refractivity contribution in [3.8, 4) is 0 Å². The van der Waals surface area contributed by atoms with Crippen LogP contribution < -0.4 is 5.32 Å². The average Bonchev–Trinajstić information content (AvgIpc) is 2.17. The first-order valence-electron chi connectivity index (χ1n) is 4.79. The van der Waals surface area contributed by atoms with Gasteiger partial charge in [-0.15, -0.1) is 0 Å². The normalized spacial score (nSPS) is 10.6. The molecule has 0 amide bonds. The van der Waals surface area contributed by atoms with E-state index in [2.05, 4.69) is 10.3 Å². The Morgan fingerprint density at radius 3 is 2.86 bits per heavy atom. The zero-order valence-corrected chi connectivity index (χ0v) is 8.87. The lowest BCUT2D eigenvalue weighted by Gasteiger charge is -2.05. The van der Waals surface area contributed by atoms with Gasteiger partial charge in [0.05, 0.1) is 5.69 Å². The summed E-state index contributed by atoms with van der Waals surface area (Å²) >= 11 is 0. The Morgan fingerprint density at radius 1 is 1.57 bits per heavy atom. The van der Waals surface area contributed by atoms with Crippen LogP contribution in [0, 0.1) is 5.92 Å². The average molecular weight is 192 g/mol. The summed E-state index contributed by atoms with van der Waals surface area (Å²) in [5.74, 6) is 0.213. The summed E-state index contributed by atoms with van der Waals surface area (Å²) < 4.78 is 0. The summed E-state index contributed by atoms with van der Waals surface area (Å²) in [5, 5.41) is 3.01. The Balaban J connectivity index is 2.88. The molecule has 0 saturated heterocycles. The molecule has 1 N–H and O–H groups in total. The molecule has 14 heavy (non-hydrogen) atoms. The molecule has 3 heteroatoms. The van der Waals surface area contributed by atoms with Crippen LogP contribution in [0.2, 0.25) is 0 Å². The monoisotopic (exact) mass is 192 g/mol. The highest BCUT2D eigenvalue weighted by atomic mass is 16.1. The molecule has 1 aromatic rings. The number of carbonyl (C=O) groups excluding carboxylic acids is 1. The van der Waals surface area contributed by atoms with Gasteiger partial charge in [-0.25, -0.2) is 0 Å². The van der Waals surface area contributed by atoms with Gasteiger partial charge in [-0.2, -0.15) is 0 Å². The Labute approximate surface area is 84.6 Å². The summed E-state index contributed by atoms with van der Waals surface area (Å²) in [7, 11) is 1.86. The van der Waals surface area contributed by atoms with E-state index in [-0.39, 0.29) is 11.7 Å². The van der Waals surface area contributed by atoms with Crippen LogP contribution in [0.3, 0.4) is 0 Å². The molecule has 0 fully saturated rings. The number of carbonyl (C=O) groups is 1. The minimum absolute atomic E-state index is 0.0415. The number of hydrogen-bond donors (Lipinski definition) is 1. The van der Waals surface area contributed by atoms with Gasteiger partial charge < -0.3 is 5.32 Å². The molecule has 0 unspecified atom stereocenters. The number of nitrogens with one attached hydrogen (secondary N) is 1. The smallest absolute Gasteiger partial charge is 0.165 e. The first-order chi connectivity index (χ1) is 6.65. The van der Waals surface area contributed by atoms with Crippen molar-refractivity contribution in [2.45, 2.75) is 20.4 Å². The van der Waals surface area contributed by atoms with Crippen molar-refractivity contribution in [1.29, 1.82) is 0 Å². The maximum atomic E-state index is 11.7. The zero-order chi connectivity index (χ0) is 10.6. The highest BCUT2D eigenvalue weighted by Crippen LogP contribution is 2.08. The molecule has 0 aromatic carbocycles. The van der Waals surface area contributed by atoms with Gasteiger partial charge >= 0.3 is 0 Å². The third-order valence-electron chi connectivity index (χ3n) is 1.98. The number of pyridine rings is 1. The second kappa shape index (κ2) is 4.86. The van der Waals surface area contributed by atoms with Crippen LogP contribution in [0.1, 0.15) is 29.9 Å². The maximum Gasteiger partial charge on any atom is 0.165 e. The highest BCUT2D eigenvalue weighted by Gasteiger charge is 2.10. The lowest BCUT2D eigenvalue weighted by molar-refractivity contribution is 0.0939. The molecule has 1 heterocycles. The first kappa shape index (κ1) is 10.9. The van der Waals surface area contributed by atoms with Crippen LogP contribution >= 0.6 is 0 Å². The van der Waals surface area contributed by atoms with Crippen LogP contribution in [-0.2, 0) is 6.54 Å². The van der Waals surface area contributed by atoms with Crippen molar-refractivity contribution in [1.82, 2.24) is 10.3 Å². The van der Waals surface area contributed by atoms with E-state index in [0.717, 1.165) is 11.3 Å². The van der Waals surface area contributed by atoms with Crippen molar-refractivity contribution in [3.63, 3.8) is 0 Å². The fraction of sp³-hybridized carbons (Fsp3) is 0.455. The molecule has 76 valence electrons. The molecule has 0 bridgehead atoms. The van der Waals surface area contributed by atoms with Gasteiger partial charge in [0.15, 0.2) is 5.78 Å². The lowest BCUT2D eigenvalue weighted by atomic mass is 10.0. The van der Waals surface area contributed by atoms with E-state index in [1.165, 1.54) is 0 Å². The van der Waals surface area contributed by atoms with Crippen LogP contribution in [0.4, 0.5) is 0 Å². The molecule has 0 aliphatic carbocycles. The van der Waals surface area contributed by atoms with Gasteiger partial charge in [0.1, 0.15) is 0 Å². The fourth-order valence-electron chi connectivity index (χ4n) is 1.24. The molecule has 1 aromatic heterocycles. The highest BCUT2D eigenvalue weighted by molar-refractivity contribution is 5.97. The third-order valence-corrected chi connectivity index (χ3v) is 1.98. The molecule has 0 spiro atoms. The Kier molecular flexibility index (Phi) is 3.77. The van der Waals surface area contributed by atoms with E-state index in [1.54, 1.807) is 12.3 Å². The zero-order valence-electron chi connectivity index (χ0n) is 8.87. The van der Waals surface area contributed by atoms with Crippen molar-refractivity contribution in [3.05, 3.63) is 29.6 Å². The number of rotatable bonds is 4. The number of Topliss-reactive ketones (excluding diaryl/α,β-unsaturated/α-hetero) is 1. The van der Waals surface area contributed by atoms with E-state index >= 15 is 0 Å². The van der Waals surface area contributed by atoms with E-state index in [0.29, 0.717) is 6.54 Å². The van der Waals surface area contributed by atoms with Gasteiger partial charge in [-0.1, -0.05) is 13.8 Å². The minimum Gasteiger partial charge on any atom is -0.314 e. The van der Waals surface area contributed by atoms with Gasteiger partial charge in [0.25, 0.3) is 0 Å². The van der Waals surface area contributed by atoms with Gasteiger partial charge in [0.2, 0.25) is 0 Å². The number of nitrogens with zero attached hydrogens (tertiary/aromatic N) is 1. The van der Waals surface area contributed by atoms with Crippen molar-refractivity contribution < 1.29 is 4.79 Å². The molecular formula is C11H16N2O. The molecule has 0 radical (unpaired) electrons. The first-order valence-corrected chi connectivity index (χ1v) is 4.79. The second-order valence-electron chi connectivity index (χ2n) is 3.59. The second-order valence-corrected chi connectivity index (χ2v) is 3.59. The Morgan fingerprint density at radius 2 is 2.29 bits per heavy atom. The molecule has 0 aliphatic rings. The molecule has 3 nitrogen and oxygen atoms in total. The summed E-state index contributed by atoms with van der Waals surface area (Å²) in [6.07, 6.45) is 1.68. The SMILES string of the molecule is CNCc1cc(C(=O)C(C)C)ccn1. The quantitative estimate of drug-likeness (QED) is 0.737. The summed E-state index contributed by atoms with van der Waals surface area (Å²) in [6.45, 7) is 4.50. The molecule has 0 aliphatic heterocycles. The molecule has 0 saturated carbocycles. The largest absolute Gasteiger partial charge is 0.314 e. The van der Waals surface area contributed by atoms with E-state index in [1.807, 2.05) is 27.0 Å².